The molecular formula is C53H89N7O23S2. The van der Waals surface area contributed by atoms with Crippen molar-refractivity contribution in [3.63, 3.8) is 0 Å². The Bertz CT molecular complexity index is 2370. The summed E-state index contributed by atoms with van der Waals surface area (Å²) >= 11 is 0. The van der Waals surface area contributed by atoms with Crippen molar-refractivity contribution in [3.05, 3.63) is 48.5 Å². The summed E-state index contributed by atoms with van der Waals surface area (Å²) in [4.78, 5) is 65.5. The van der Waals surface area contributed by atoms with Crippen LogP contribution in [0.25, 0.3) is 0 Å². The molecule has 0 fully saturated rings. The van der Waals surface area contributed by atoms with Gasteiger partial charge in [-0.15, -0.1) is 0 Å². The number of carbonyl (C=O) groups is 5. The number of ether oxygens (including phenoxy) is 14. The highest BCUT2D eigenvalue weighted by Crippen LogP contribution is 2.15. The first-order valence-electron chi connectivity index (χ1n) is 27.5. The monoisotopic (exact) mass is 1260 g/mol. The first kappa shape index (κ1) is 76.0. The molecule has 30 nitrogen and oxygen atoms in total. The molecule has 7 N–H and O–H groups in total. The highest BCUT2D eigenvalue weighted by atomic mass is 32.2. The minimum absolute atomic E-state index is 0.0929. The molecule has 0 heterocycles. The molecule has 0 spiro atoms. The lowest BCUT2D eigenvalue weighted by atomic mass is 10.2. The van der Waals surface area contributed by atoms with E-state index in [4.69, 9.17) is 76.6 Å². The van der Waals surface area contributed by atoms with E-state index in [2.05, 4.69) is 16.0 Å². The fraction of sp³-hybridized carbons (Fsp3) is 0.679. The Morgan fingerprint density at radius 2 is 0.741 bits per heavy atom. The highest BCUT2D eigenvalue weighted by Gasteiger charge is 2.22. The van der Waals surface area contributed by atoms with Gasteiger partial charge in [0, 0.05) is 31.0 Å². The number of nitrogens with two attached hydrogens (primary N) is 2. The molecule has 32 heteroatoms. The third-order valence-corrected chi connectivity index (χ3v) is 12.5. The van der Waals surface area contributed by atoms with Gasteiger partial charge in [0.25, 0.3) is 0 Å². The number of anilines is 2. The van der Waals surface area contributed by atoms with Crippen molar-refractivity contribution in [2.24, 2.45) is 10.3 Å². The van der Waals surface area contributed by atoms with Gasteiger partial charge in [-0.3, -0.25) is 29.0 Å². The second kappa shape index (κ2) is 46.1. The van der Waals surface area contributed by atoms with E-state index in [1.807, 2.05) is 20.8 Å². The van der Waals surface area contributed by atoms with Gasteiger partial charge in [0.2, 0.25) is 37.8 Å². The average Bonchev–Trinajstić information content (AvgIpc) is 3.64. The number of primary sulfonamides is 2. The lowest BCUT2D eigenvalue weighted by molar-refractivity contribution is -0.156. The van der Waals surface area contributed by atoms with E-state index >= 15 is 0 Å². The molecule has 0 aliphatic heterocycles. The van der Waals surface area contributed by atoms with Crippen molar-refractivity contribution in [1.82, 2.24) is 15.1 Å². The first-order valence-corrected chi connectivity index (χ1v) is 30.6. The van der Waals surface area contributed by atoms with Crippen LogP contribution in [-0.2, 0) is 106 Å². The van der Waals surface area contributed by atoms with Crippen molar-refractivity contribution >= 4 is 61.2 Å². The normalized spacial score (nSPS) is 11.8. The quantitative estimate of drug-likeness (QED) is 0.0429. The molecule has 0 saturated carbocycles. The number of nitrogens with zero attached hydrogens (tertiary/aromatic N) is 2. The second-order valence-electron chi connectivity index (χ2n) is 18.9. The minimum atomic E-state index is -3.97. The number of amides is 4. The smallest absolute Gasteiger partial charge is 0.409 e. The molecule has 0 saturated heterocycles. The van der Waals surface area contributed by atoms with Crippen LogP contribution < -0.4 is 26.2 Å². The minimum Gasteiger partial charge on any atom is -0.460 e. The van der Waals surface area contributed by atoms with E-state index in [9.17, 15) is 40.8 Å². The number of carbonyl (C=O) groups excluding carboxylic acids is 5. The van der Waals surface area contributed by atoms with Crippen LogP contribution in [0.2, 0.25) is 0 Å². The van der Waals surface area contributed by atoms with Crippen molar-refractivity contribution < 1.29 is 107 Å². The predicted octanol–water partition coefficient (Wildman–Crippen LogP) is -0.0238. The first-order chi connectivity index (χ1) is 40.7. The van der Waals surface area contributed by atoms with E-state index in [1.54, 1.807) is 0 Å². The molecule has 0 atom stereocenters. The molecule has 2 rings (SSSR count). The van der Waals surface area contributed by atoms with Crippen LogP contribution in [0.5, 0.6) is 0 Å². The van der Waals surface area contributed by atoms with Crippen LogP contribution in [0.1, 0.15) is 27.2 Å². The SMILES string of the molecule is COC(=O)N(CCN(CC(=O)NCCOCCOCCOCCOCCOCCOCCOCCOCCOCCOCCOCCOCCC(=O)OC(C)(C)C)CC(=O)Nc1ccc(S(N)(=O)=O)cc1)CC(=O)Nc1ccc(S(N)(=O)=O)cc1. The van der Waals surface area contributed by atoms with Gasteiger partial charge in [-0.25, -0.2) is 31.9 Å². The Balaban J connectivity index is 1.45. The van der Waals surface area contributed by atoms with Gasteiger partial charge >= 0.3 is 12.1 Å². The van der Waals surface area contributed by atoms with Gasteiger partial charge in [-0.2, -0.15) is 0 Å². The molecule has 0 bridgehead atoms. The Hall–Kier alpha value is -5.11. The van der Waals surface area contributed by atoms with Crippen LogP contribution in [0.4, 0.5) is 16.2 Å². The third kappa shape index (κ3) is 42.4. The third-order valence-electron chi connectivity index (χ3n) is 10.7. The van der Waals surface area contributed by atoms with Crippen molar-refractivity contribution in [2.75, 3.05) is 216 Å². The van der Waals surface area contributed by atoms with Gasteiger partial charge in [0.05, 0.1) is 195 Å². The van der Waals surface area contributed by atoms with Crippen molar-refractivity contribution in [2.45, 2.75) is 42.6 Å². The number of nitrogens with one attached hydrogen (secondary N) is 3. The average molecular weight is 1260 g/mol. The maximum Gasteiger partial charge on any atom is 0.409 e. The zero-order chi connectivity index (χ0) is 62.4. The van der Waals surface area contributed by atoms with Crippen LogP contribution in [0.15, 0.2) is 58.3 Å². The summed E-state index contributed by atoms with van der Waals surface area (Å²) in [6.07, 6.45) is -0.675. The highest BCUT2D eigenvalue weighted by molar-refractivity contribution is 7.89. The Morgan fingerprint density at radius 1 is 0.435 bits per heavy atom. The summed E-state index contributed by atoms with van der Waals surface area (Å²) in [6.45, 7) is 13.4. The molecule has 2 aromatic carbocycles. The van der Waals surface area contributed by atoms with Crippen LogP contribution in [0, 0.1) is 0 Å². The van der Waals surface area contributed by atoms with E-state index in [1.165, 1.54) is 53.4 Å². The standard InChI is InChI=1S/C53H89N7O23S2/c1-53(2,3)83-51(64)13-17-71-19-21-73-23-25-75-27-29-77-31-33-79-35-37-81-39-40-82-38-36-80-34-32-78-30-28-76-26-24-74-22-20-72-18-14-56-48(61)41-59(42-49(62)57-44-5-9-46(10-6-44)84(54,66)67)15-16-60(52(65)70-4)43-50(63)58-45-7-11-47(12-8-45)85(55,68)69/h5-12H,13-43H2,1-4H3,(H,56,61)(H,57,62)(H,58,63)(H2,54,66,67)(H2,55,68,69). The summed E-state index contributed by atoms with van der Waals surface area (Å²) in [5.74, 6) is -2.02. The van der Waals surface area contributed by atoms with Crippen molar-refractivity contribution in [3.8, 4) is 0 Å². The number of hydrogen-bond acceptors (Lipinski definition) is 24. The maximum atomic E-state index is 13.1. The van der Waals surface area contributed by atoms with Gasteiger partial charge in [-0.05, 0) is 69.3 Å². The second-order valence-corrected chi connectivity index (χ2v) is 22.0. The largest absolute Gasteiger partial charge is 0.460 e. The van der Waals surface area contributed by atoms with Gasteiger partial charge < -0.3 is 82.3 Å². The summed E-state index contributed by atoms with van der Waals surface area (Å²) in [5.41, 5.74) is -0.0298. The lowest BCUT2D eigenvalue weighted by Gasteiger charge is -2.26. The molecule has 0 aliphatic rings. The van der Waals surface area contributed by atoms with Crippen LogP contribution in [-0.4, -0.2) is 267 Å². The summed E-state index contributed by atoms with van der Waals surface area (Å²) in [6, 6.07) is 10.1. The Labute approximate surface area is 498 Å². The van der Waals surface area contributed by atoms with Gasteiger partial charge in [-0.1, -0.05) is 0 Å². The predicted molar refractivity (Wildman–Crippen MR) is 307 cm³/mol. The lowest BCUT2D eigenvalue weighted by Crippen LogP contribution is -2.47. The molecule has 0 aliphatic carbocycles. The number of methoxy groups -OCH3 is 1. The summed E-state index contributed by atoms with van der Waals surface area (Å²) in [5, 5.41) is 18.2. The van der Waals surface area contributed by atoms with E-state index in [0.29, 0.717) is 139 Å². The topological polar surface area (TPSA) is 377 Å². The number of sulfonamides is 2. The molecular weight excluding hydrogens is 1170 g/mol. The van der Waals surface area contributed by atoms with Gasteiger partial charge in [0.15, 0.2) is 0 Å². The van der Waals surface area contributed by atoms with Crippen molar-refractivity contribution in [1.29, 1.82) is 0 Å². The molecule has 486 valence electrons. The van der Waals surface area contributed by atoms with E-state index < -0.39 is 56.0 Å². The number of hydrogen-bond donors (Lipinski definition) is 5. The molecule has 2 aromatic rings. The fourth-order valence-corrected chi connectivity index (χ4v) is 7.70. The zero-order valence-corrected chi connectivity index (χ0v) is 50.9. The maximum absolute atomic E-state index is 13.1. The molecule has 4 amide bonds. The number of esters is 1. The van der Waals surface area contributed by atoms with E-state index in [-0.39, 0.29) is 86.1 Å². The van der Waals surface area contributed by atoms with E-state index in [0.717, 1.165) is 12.0 Å². The summed E-state index contributed by atoms with van der Waals surface area (Å²) < 4.78 is 122. The zero-order valence-electron chi connectivity index (χ0n) is 49.3. The molecule has 0 aromatic heterocycles. The van der Waals surface area contributed by atoms with Crippen LogP contribution in [0.3, 0.4) is 0 Å². The van der Waals surface area contributed by atoms with Gasteiger partial charge in [0.1, 0.15) is 12.1 Å². The Kier molecular flexibility index (Phi) is 41.2. The molecule has 0 radical (unpaired) electrons. The summed E-state index contributed by atoms with van der Waals surface area (Å²) in [7, 11) is -6.83. The molecule has 0 unspecified atom stereocenters. The van der Waals surface area contributed by atoms with Crippen LogP contribution >= 0.6 is 0 Å². The fourth-order valence-electron chi connectivity index (χ4n) is 6.66. The Morgan fingerprint density at radius 3 is 1.06 bits per heavy atom. The number of rotatable bonds is 52. The number of benzene rings is 2. The molecule has 85 heavy (non-hydrogen) atoms.